The van der Waals surface area contributed by atoms with E-state index in [4.69, 9.17) is 4.98 Å². The van der Waals surface area contributed by atoms with Gasteiger partial charge in [-0.3, -0.25) is 0 Å². The molecule has 3 heterocycles. The molecule has 1 aliphatic rings. The zero-order valence-corrected chi connectivity index (χ0v) is 24.2. The molecule has 0 bridgehead atoms. The Hall–Kier alpha value is -5.67. The van der Waals surface area contributed by atoms with Crippen molar-refractivity contribution in [1.82, 2.24) is 14.1 Å². The summed E-state index contributed by atoms with van der Waals surface area (Å²) in [5, 5.41) is 3.97. The monoisotopic (exact) mass is 563 g/mol. The Morgan fingerprint density at radius 3 is 1.77 bits per heavy atom. The van der Waals surface area contributed by atoms with Crippen LogP contribution in [0.25, 0.3) is 72.7 Å². The molecule has 0 atom stereocenters. The van der Waals surface area contributed by atoms with Crippen LogP contribution in [0.5, 0.6) is 0 Å². The second-order valence-electron chi connectivity index (χ2n) is 11.5. The predicted octanol–water partition coefficient (Wildman–Crippen LogP) is 10.4. The van der Waals surface area contributed by atoms with Crippen LogP contribution in [0, 0.1) is 0 Å². The molecular weight excluding hydrogens is 534 g/mol. The number of para-hydroxylation sites is 2. The molecule has 0 radical (unpaired) electrons. The van der Waals surface area contributed by atoms with Gasteiger partial charge in [0.25, 0.3) is 0 Å². The lowest BCUT2D eigenvalue weighted by atomic mass is 9.98. The first-order chi connectivity index (χ1) is 21.8. The Morgan fingerprint density at radius 2 is 1.09 bits per heavy atom. The van der Waals surface area contributed by atoms with E-state index in [0.29, 0.717) is 0 Å². The number of aromatic nitrogens is 3. The van der Waals surface area contributed by atoms with Gasteiger partial charge in [0.1, 0.15) is 0 Å². The number of pyridine rings is 1. The lowest BCUT2D eigenvalue weighted by Gasteiger charge is -2.15. The van der Waals surface area contributed by atoms with Gasteiger partial charge in [-0.1, -0.05) is 103 Å². The van der Waals surface area contributed by atoms with E-state index >= 15 is 0 Å². The first kappa shape index (κ1) is 24.9. The van der Waals surface area contributed by atoms with Crippen molar-refractivity contribution in [2.75, 3.05) is 0 Å². The van der Waals surface area contributed by atoms with Crippen molar-refractivity contribution in [1.29, 1.82) is 0 Å². The maximum Gasteiger partial charge on any atom is 0.0730 e. The molecule has 3 nitrogen and oxygen atoms in total. The minimum absolute atomic E-state index is 0.971. The van der Waals surface area contributed by atoms with E-state index in [-0.39, 0.29) is 0 Å². The van der Waals surface area contributed by atoms with Gasteiger partial charge in [0.2, 0.25) is 0 Å². The van der Waals surface area contributed by atoms with Crippen molar-refractivity contribution in [2.24, 2.45) is 0 Å². The van der Waals surface area contributed by atoms with Crippen molar-refractivity contribution in [3.05, 3.63) is 157 Å². The number of rotatable bonds is 4. The van der Waals surface area contributed by atoms with Crippen molar-refractivity contribution in [2.45, 2.75) is 12.8 Å². The smallest absolute Gasteiger partial charge is 0.0730 e. The molecule has 0 saturated carbocycles. The fourth-order valence-electron chi connectivity index (χ4n) is 7.08. The van der Waals surface area contributed by atoms with Crippen LogP contribution in [-0.2, 0) is 6.42 Å². The number of nitrogens with zero attached hydrogens (tertiary/aromatic N) is 3. The van der Waals surface area contributed by atoms with Crippen LogP contribution in [0.4, 0.5) is 0 Å². The largest absolute Gasteiger partial charge is 0.309 e. The van der Waals surface area contributed by atoms with E-state index in [9.17, 15) is 0 Å². The van der Waals surface area contributed by atoms with Gasteiger partial charge in [-0.2, -0.15) is 0 Å². The van der Waals surface area contributed by atoms with Gasteiger partial charge >= 0.3 is 0 Å². The number of benzene rings is 5. The van der Waals surface area contributed by atoms with E-state index in [1.807, 2.05) is 0 Å². The second kappa shape index (κ2) is 9.96. The van der Waals surface area contributed by atoms with Crippen LogP contribution < -0.4 is 0 Å². The van der Waals surface area contributed by atoms with Gasteiger partial charge in [0.05, 0.1) is 33.6 Å². The summed E-state index contributed by atoms with van der Waals surface area (Å²) in [6.07, 6.45) is 6.70. The molecule has 44 heavy (non-hydrogen) atoms. The van der Waals surface area contributed by atoms with Gasteiger partial charge in [0.15, 0.2) is 0 Å². The van der Waals surface area contributed by atoms with Crippen LogP contribution in [-0.4, -0.2) is 14.1 Å². The molecule has 1 aliphatic carbocycles. The van der Waals surface area contributed by atoms with Gasteiger partial charge in [-0.25, -0.2) is 4.98 Å². The molecule has 0 fully saturated rings. The summed E-state index contributed by atoms with van der Waals surface area (Å²) in [6, 6.07) is 49.8. The maximum absolute atomic E-state index is 5.17. The van der Waals surface area contributed by atoms with E-state index < -0.39 is 0 Å². The van der Waals surface area contributed by atoms with Gasteiger partial charge < -0.3 is 9.13 Å². The van der Waals surface area contributed by atoms with Gasteiger partial charge in [0, 0.05) is 38.7 Å². The topological polar surface area (TPSA) is 22.8 Å². The third kappa shape index (κ3) is 3.79. The fraction of sp³-hybridized carbons (Fsp3) is 0.0488. The summed E-state index contributed by atoms with van der Waals surface area (Å²) >= 11 is 0. The normalized spacial score (nSPS) is 12.7. The lowest BCUT2D eigenvalue weighted by molar-refractivity contribution is 0.967. The number of hydrogen-bond acceptors (Lipinski definition) is 1. The second-order valence-corrected chi connectivity index (χ2v) is 11.5. The van der Waals surface area contributed by atoms with Crippen LogP contribution in [0.2, 0.25) is 0 Å². The van der Waals surface area contributed by atoms with Crippen molar-refractivity contribution < 1.29 is 0 Å². The number of allylic oxidation sites excluding steroid dienone is 1. The molecule has 9 rings (SSSR count). The fourth-order valence-corrected chi connectivity index (χ4v) is 7.08. The zero-order valence-electron chi connectivity index (χ0n) is 24.2. The highest BCUT2D eigenvalue weighted by atomic mass is 15.0. The Balaban J connectivity index is 1.39. The molecule has 208 valence electrons. The summed E-state index contributed by atoms with van der Waals surface area (Å²) < 4.78 is 4.88. The number of aryl methyl sites for hydroxylation is 1. The molecule has 0 N–H and O–H groups in total. The quantitative estimate of drug-likeness (QED) is 0.209. The van der Waals surface area contributed by atoms with Crippen LogP contribution in [0.15, 0.2) is 146 Å². The first-order valence-electron chi connectivity index (χ1n) is 15.3. The lowest BCUT2D eigenvalue weighted by Crippen LogP contribution is -2.02. The van der Waals surface area contributed by atoms with E-state index in [1.54, 1.807) is 0 Å². The zero-order chi connectivity index (χ0) is 29.0. The Labute approximate surface area is 256 Å². The highest BCUT2D eigenvalue weighted by Crippen LogP contribution is 2.43. The summed E-state index contributed by atoms with van der Waals surface area (Å²) in [6.45, 7) is 0. The maximum atomic E-state index is 5.17. The summed E-state index contributed by atoms with van der Waals surface area (Å²) in [5.41, 5.74) is 12.9. The Kier molecular flexibility index (Phi) is 5.63. The molecule has 5 aromatic carbocycles. The van der Waals surface area contributed by atoms with E-state index in [0.717, 1.165) is 41.0 Å². The molecule has 0 saturated heterocycles. The Bertz CT molecular complexity index is 2300. The molecule has 0 unspecified atom stereocenters. The van der Waals surface area contributed by atoms with Crippen molar-refractivity contribution >= 4 is 38.8 Å². The molecule has 0 spiro atoms. The van der Waals surface area contributed by atoms with Crippen LogP contribution in [0.1, 0.15) is 17.7 Å². The third-order valence-electron chi connectivity index (χ3n) is 8.97. The predicted molar refractivity (Wildman–Crippen MR) is 184 cm³/mol. The average molecular weight is 564 g/mol. The molecule has 0 amide bonds. The standard InChI is InChI=1S/C41H29N3/c1-4-14-28(15-5-1)34-26-31(27-35(42-34)29-16-6-2-7-17-29)44-37-23-13-11-21-33(37)41-39(44)25-24-38-40(41)32-20-10-12-22-36(32)43(38)30-18-8-3-9-19-30/h1-10,12-20,22-27H,11,21H2. The minimum Gasteiger partial charge on any atom is -0.309 e. The third-order valence-corrected chi connectivity index (χ3v) is 8.97. The molecule has 3 heteroatoms. The van der Waals surface area contributed by atoms with Gasteiger partial charge in [-0.05, 0) is 66.9 Å². The Morgan fingerprint density at radius 1 is 0.500 bits per heavy atom. The van der Waals surface area contributed by atoms with Crippen LogP contribution >= 0.6 is 0 Å². The highest BCUT2D eigenvalue weighted by molar-refractivity contribution is 6.22. The molecule has 3 aromatic heterocycles. The number of fused-ring (bicyclic) bond motifs is 7. The summed E-state index contributed by atoms with van der Waals surface area (Å²) in [4.78, 5) is 5.17. The van der Waals surface area contributed by atoms with E-state index in [1.165, 1.54) is 49.7 Å². The average Bonchev–Trinajstić information content (AvgIpc) is 3.62. The SMILES string of the molecule is C1=Cc2c(c3c4c5ccccc5n(-c5ccccc5)c4ccc3n2-c2cc(-c3ccccc3)nc(-c3ccccc3)c2)CC1. The van der Waals surface area contributed by atoms with Gasteiger partial charge in [-0.15, -0.1) is 0 Å². The van der Waals surface area contributed by atoms with Crippen LogP contribution in [0.3, 0.4) is 0 Å². The van der Waals surface area contributed by atoms with E-state index in [2.05, 4.69) is 161 Å². The van der Waals surface area contributed by atoms with Crippen molar-refractivity contribution in [3.8, 4) is 33.9 Å². The first-order valence-corrected chi connectivity index (χ1v) is 15.3. The highest BCUT2D eigenvalue weighted by Gasteiger charge is 2.24. The molecule has 0 aliphatic heterocycles. The molecule has 8 aromatic rings. The summed E-state index contributed by atoms with van der Waals surface area (Å²) in [7, 11) is 0. The number of hydrogen-bond donors (Lipinski definition) is 0. The summed E-state index contributed by atoms with van der Waals surface area (Å²) in [5.74, 6) is 0. The minimum atomic E-state index is 0.971. The molecular formula is C41H29N3. The van der Waals surface area contributed by atoms with Crippen molar-refractivity contribution in [3.63, 3.8) is 0 Å².